The molecular weight excluding hydrogens is 318 g/mol. The lowest BCUT2D eigenvalue weighted by Gasteiger charge is -2.36. The molecule has 3 rings (SSSR count). The van der Waals surface area contributed by atoms with Crippen molar-refractivity contribution in [1.82, 2.24) is 20.4 Å². The Morgan fingerprint density at radius 3 is 2.60 bits per heavy atom. The second kappa shape index (κ2) is 7.94. The Morgan fingerprint density at radius 1 is 1.16 bits per heavy atom. The first kappa shape index (κ1) is 17.2. The number of anilines is 1. The number of hydrogen-bond donors (Lipinski definition) is 3. The molecule has 132 valence electrons. The number of piperidine rings is 1. The first-order valence-corrected chi connectivity index (χ1v) is 8.55. The smallest absolute Gasteiger partial charge is 0.248 e. The highest BCUT2D eigenvalue weighted by atomic mass is 16.2. The average Bonchev–Trinajstić information content (AvgIpc) is 3.18. The van der Waals surface area contributed by atoms with Crippen molar-refractivity contribution in [1.29, 1.82) is 0 Å². The predicted octanol–water partition coefficient (Wildman–Crippen LogP) is 1.11. The van der Waals surface area contributed by atoms with Gasteiger partial charge in [-0.2, -0.15) is 5.10 Å². The van der Waals surface area contributed by atoms with Gasteiger partial charge in [0.25, 0.3) is 0 Å². The van der Waals surface area contributed by atoms with Crippen LogP contribution in [0.2, 0.25) is 0 Å². The van der Waals surface area contributed by atoms with Crippen LogP contribution in [0.5, 0.6) is 0 Å². The number of benzene rings is 1. The van der Waals surface area contributed by atoms with Gasteiger partial charge in [0.05, 0.1) is 0 Å². The monoisotopic (exact) mass is 341 g/mol. The highest BCUT2D eigenvalue weighted by molar-refractivity contribution is 5.91. The summed E-state index contributed by atoms with van der Waals surface area (Å²) in [5, 5.41) is 13.3. The summed E-state index contributed by atoms with van der Waals surface area (Å²) in [6.45, 7) is 1.83. The van der Waals surface area contributed by atoms with E-state index in [9.17, 15) is 9.59 Å². The zero-order valence-electron chi connectivity index (χ0n) is 14.1. The minimum atomic E-state index is -0.676. The molecule has 0 radical (unpaired) electrons. The molecule has 1 aliphatic heterocycles. The second-order valence-electron chi connectivity index (χ2n) is 6.15. The van der Waals surface area contributed by atoms with Gasteiger partial charge in [-0.25, -0.2) is 0 Å². The van der Waals surface area contributed by atoms with E-state index in [1.54, 1.807) is 10.9 Å². The highest BCUT2D eigenvalue weighted by Gasteiger charge is 2.41. The molecule has 25 heavy (non-hydrogen) atoms. The maximum absolute atomic E-state index is 12.8. The van der Waals surface area contributed by atoms with E-state index in [0.717, 1.165) is 18.8 Å². The highest BCUT2D eigenvalue weighted by Crippen LogP contribution is 2.27. The zero-order valence-corrected chi connectivity index (χ0v) is 14.1. The number of nitrogens with zero attached hydrogens (tertiary/aromatic N) is 2. The lowest BCUT2D eigenvalue weighted by atomic mass is 9.87. The summed E-state index contributed by atoms with van der Waals surface area (Å²) in [7, 11) is 0. The second-order valence-corrected chi connectivity index (χ2v) is 6.15. The number of rotatable bonds is 6. The molecule has 2 amide bonds. The molecule has 0 bridgehead atoms. The van der Waals surface area contributed by atoms with Crippen LogP contribution in [-0.4, -0.2) is 41.2 Å². The molecule has 1 aromatic carbocycles. The van der Waals surface area contributed by atoms with Crippen molar-refractivity contribution in [3.05, 3.63) is 48.8 Å². The number of aromatic nitrogens is 2. The van der Waals surface area contributed by atoms with Crippen molar-refractivity contribution in [2.45, 2.75) is 24.8 Å². The van der Waals surface area contributed by atoms with E-state index in [1.165, 1.54) is 0 Å². The van der Waals surface area contributed by atoms with Gasteiger partial charge in [0.1, 0.15) is 5.54 Å². The Kier molecular flexibility index (Phi) is 5.45. The summed E-state index contributed by atoms with van der Waals surface area (Å²) < 4.78 is 1.74. The van der Waals surface area contributed by atoms with E-state index < -0.39 is 5.54 Å². The third-order valence-electron chi connectivity index (χ3n) is 4.49. The first-order chi connectivity index (χ1) is 12.2. The standard InChI is InChI=1S/C18H23N5O2/c24-16(22-15-5-2-1-3-6-15)7-11-20-17(25)18(8-12-19-13-9-18)23-14-4-10-21-23/h1-6,10,14,19H,7-9,11-13H2,(H,20,25)(H,22,24). The summed E-state index contributed by atoms with van der Waals surface area (Å²) in [5.41, 5.74) is 0.0789. The molecule has 0 saturated carbocycles. The van der Waals surface area contributed by atoms with Crippen molar-refractivity contribution in [3.8, 4) is 0 Å². The third-order valence-corrected chi connectivity index (χ3v) is 4.49. The molecule has 0 unspecified atom stereocenters. The summed E-state index contributed by atoms with van der Waals surface area (Å²) in [5.74, 6) is -0.199. The minimum absolute atomic E-state index is 0.0785. The molecule has 1 aromatic heterocycles. The van der Waals surface area contributed by atoms with Crippen LogP contribution in [0.3, 0.4) is 0 Å². The summed E-state index contributed by atoms with van der Waals surface area (Å²) in [6, 6.07) is 11.1. The van der Waals surface area contributed by atoms with Crippen LogP contribution in [0.15, 0.2) is 48.8 Å². The van der Waals surface area contributed by atoms with Crippen molar-refractivity contribution >= 4 is 17.5 Å². The van der Waals surface area contributed by atoms with E-state index in [2.05, 4.69) is 21.0 Å². The molecule has 7 heteroatoms. The lowest BCUT2D eigenvalue weighted by molar-refractivity contribution is -0.132. The maximum Gasteiger partial charge on any atom is 0.248 e. The third kappa shape index (κ3) is 4.06. The summed E-state index contributed by atoms with van der Waals surface area (Å²) in [4.78, 5) is 24.8. The molecule has 1 fully saturated rings. The van der Waals surface area contributed by atoms with Crippen molar-refractivity contribution in [3.63, 3.8) is 0 Å². The molecule has 2 heterocycles. The van der Waals surface area contributed by atoms with E-state index in [0.29, 0.717) is 19.4 Å². The van der Waals surface area contributed by atoms with Gasteiger partial charge in [0, 0.05) is 31.0 Å². The topological polar surface area (TPSA) is 88.0 Å². The summed E-state index contributed by atoms with van der Waals surface area (Å²) >= 11 is 0. The molecule has 1 saturated heterocycles. The van der Waals surface area contributed by atoms with Crippen LogP contribution in [-0.2, 0) is 15.1 Å². The fourth-order valence-corrected chi connectivity index (χ4v) is 3.12. The lowest BCUT2D eigenvalue weighted by Crippen LogP contribution is -2.54. The van der Waals surface area contributed by atoms with Crippen LogP contribution in [0.4, 0.5) is 5.69 Å². The Balaban J connectivity index is 1.54. The van der Waals surface area contributed by atoms with Crippen molar-refractivity contribution in [2.75, 3.05) is 25.0 Å². The molecule has 1 aliphatic rings. The average molecular weight is 341 g/mol. The van der Waals surface area contributed by atoms with Gasteiger partial charge in [0.2, 0.25) is 11.8 Å². The fourth-order valence-electron chi connectivity index (χ4n) is 3.12. The van der Waals surface area contributed by atoms with Crippen molar-refractivity contribution < 1.29 is 9.59 Å². The zero-order chi connectivity index (χ0) is 17.5. The van der Waals surface area contributed by atoms with E-state index >= 15 is 0 Å². The fraction of sp³-hybridized carbons (Fsp3) is 0.389. The largest absolute Gasteiger partial charge is 0.353 e. The number of nitrogens with one attached hydrogen (secondary N) is 3. The molecule has 0 atom stereocenters. The number of amides is 2. The van der Waals surface area contributed by atoms with Gasteiger partial charge in [-0.15, -0.1) is 0 Å². The molecule has 0 aliphatic carbocycles. The number of carbonyl (C=O) groups excluding carboxylic acids is 2. The number of carbonyl (C=O) groups is 2. The molecule has 2 aromatic rings. The van der Waals surface area contributed by atoms with E-state index in [4.69, 9.17) is 0 Å². The quantitative estimate of drug-likeness (QED) is 0.734. The normalized spacial score (nSPS) is 16.2. The van der Waals surface area contributed by atoms with Gasteiger partial charge >= 0.3 is 0 Å². The number of hydrogen-bond acceptors (Lipinski definition) is 4. The van der Waals surface area contributed by atoms with Gasteiger partial charge in [-0.1, -0.05) is 18.2 Å². The van der Waals surface area contributed by atoms with E-state index in [-0.39, 0.29) is 18.2 Å². The van der Waals surface area contributed by atoms with Crippen LogP contribution in [0.1, 0.15) is 19.3 Å². The van der Waals surface area contributed by atoms with Crippen LogP contribution in [0.25, 0.3) is 0 Å². The molecular formula is C18H23N5O2. The van der Waals surface area contributed by atoms with Gasteiger partial charge in [-0.3, -0.25) is 14.3 Å². The Labute approximate surface area is 146 Å². The van der Waals surface area contributed by atoms with Crippen LogP contribution < -0.4 is 16.0 Å². The number of para-hydroxylation sites is 1. The molecule has 0 spiro atoms. The Hall–Kier alpha value is -2.67. The van der Waals surface area contributed by atoms with E-state index in [1.807, 2.05) is 42.6 Å². The Morgan fingerprint density at radius 2 is 1.92 bits per heavy atom. The summed E-state index contributed by atoms with van der Waals surface area (Å²) in [6.07, 6.45) is 5.10. The van der Waals surface area contributed by atoms with Crippen LogP contribution in [0, 0.1) is 0 Å². The van der Waals surface area contributed by atoms with Gasteiger partial charge in [0.15, 0.2) is 0 Å². The van der Waals surface area contributed by atoms with Gasteiger partial charge in [-0.05, 0) is 44.1 Å². The SMILES string of the molecule is O=C(CCNC(=O)C1(n2cccn2)CCNCC1)Nc1ccccc1. The molecule has 3 N–H and O–H groups in total. The van der Waals surface area contributed by atoms with Crippen molar-refractivity contribution in [2.24, 2.45) is 0 Å². The Bertz CT molecular complexity index is 694. The predicted molar refractivity (Wildman–Crippen MR) is 95.0 cm³/mol. The minimum Gasteiger partial charge on any atom is -0.353 e. The molecule has 7 nitrogen and oxygen atoms in total. The van der Waals surface area contributed by atoms with Crippen LogP contribution >= 0.6 is 0 Å². The van der Waals surface area contributed by atoms with Gasteiger partial charge < -0.3 is 16.0 Å². The first-order valence-electron chi connectivity index (χ1n) is 8.55. The maximum atomic E-state index is 12.8.